The number of nitrogens with one attached hydrogen (secondary N) is 2. The lowest BCUT2D eigenvalue weighted by Gasteiger charge is -2.15. The van der Waals surface area contributed by atoms with Crippen molar-refractivity contribution in [3.63, 3.8) is 0 Å². The molecular formula is C21H20N2O5S. The molecular weight excluding hydrogens is 392 g/mol. The fourth-order valence-electron chi connectivity index (χ4n) is 2.90. The van der Waals surface area contributed by atoms with Crippen LogP contribution in [0.4, 0.5) is 5.69 Å². The molecule has 0 saturated heterocycles. The number of aryl methyl sites for hydroxylation is 1. The average molecular weight is 412 g/mol. The number of hydrogen-bond donors (Lipinski definition) is 2. The molecule has 0 fully saturated rings. The smallest absolute Gasteiger partial charge is 0.291 e. The minimum Gasteiger partial charge on any atom is -0.487 e. The predicted molar refractivity (Wildman–Crippen MR) is 110 cm³/mol. The second-order valence-corrected chi connectivity index (χ2v) is 7.53. The fraction of sp³-hybridized carbons (Fsp3) is 0.238. The highest BCUT2D eigenvalue weighted by Gasteiger charge is 2.17. The Labute approximate surface area is 172 Å². The fourth-order valence-corrected chi connectivity index (χ4v) is 3.53. The zero-order valence-corrected chi connectivity index (χ0v) is 16.6. The molecule has 0 spiro atoms. The lowest BCUT2D eigenvalue weighted by atomic mass is 10.1. The molecule has 0 atom stereocenters. The number of rotatable bonds is 5. The second kappa shape index (κ2) is 8.48. The van der Waals surface area contributed by atoms with Gasteiger partial charge < -0.3 is 24.8 Å². The molecule has 0 radical (unpaired) electrons. The van der Waals surface area contributed by atoms with Gasteiger partial charge in [-0.15, -0.1) is 11.8 Å². The van der Waals surface area contributed by atoms with E-state index in [0.29, 0.717) is 41.7 Å². The minimum absolute atomic E-state index is 0.212. The van der Waals surface area contributed by atoms with Crippen LogP contribution in [-0.2, 0) is 16.1 Å². The van der Waals surface area contributed by atoms with Crippen molar-refractivity contribution in [2.45, 2.75) is 13.5 Å². The number of benzene rings is 2. The molecule has 0 aliphatic carbocycles. The third-order valence-corrected chi connectivity index (χ3v) is 5.29. The molecule has 0 aromatic heterocycles. The molecule has 8 heteroatoms. The normalized spacial score (nSPS) is 14.6. The van der Waals surface area contributed by atoms with Crippen LogP contribution in [0.15, 0.2) is 47.6 Å². The van der Waals surface area contributed by atoms with Crippen molar-refractivity contribution in [3.8, 4) is 11.5 Å². The number of anilines is 1. The minimum atomic E-state index is -0.321. The number of carbonyl (C=O) groups excluding carboxylic acids is 2. The summed E-state index contributed by atoms with van der Waals surface area (Å²) in [5, 5.41) is 7.41. The first-order valence-electron chi connectivity index (χ1n) is 9.13. The molecule has 29 heavy (non-hydrogen) atoms. The number of amides is 2. The quantitative estimate of drug-likeness (QED) is 0.785. The highest BCUT2D eigenvalue weighted by atomic mass is 32.2. The molecule has 2 aliphatic rings. The molecule has 2 N–H and O–H groups in total. The van der Waals surface area contributed by atoms with Crippen LogP contribution >= 0.6 is 11.8 Å². The topological polar surface area (TPSA) is 85.9 Å². The van der Waals surface area contributed by atoms with Crippen molar-refractivity contribution >= 4 is 29.3 Å². The maximum Gasteiger partial charge on any atom is 0.291 e. The number of hydrogen-bond acceptors (Lipinski definition) is 6. The van der Waals surface area contributed by atoms with Gasteiger partial charge in [0.05, 0.1) is 6.61 Å². The summed E-state index contributed by atoms with van der Waals surface area (Å²) >= 11 is 1.54. The summed E-state index contributed by atoms with van der Waals surface area (Å²) in [5.74, 6) is 1.94. The molecule has 2 amide bonds. The summed E-state index contributed by atoms with van der Waals surface area (Å²) in [7, 11) is 0. The number of ether oxygens (including phenoxy) is 3. The van der Waals surface area contributed by atoms with Gasteiger partial charge >= 0.3 is 0 Å². The van der Waals surface area contributed by atoms with E-state index in [1.54, 1.807) is 23.6 Å². The standard InChI is InChI=1S/C21H20N2O5S/c1-13-2-4-15(9-16(13)23-21(25)19-11-29-7-6-26-19)20(24)22-10-14-3-5-17-18(8-14)28-12-27-17/h2-5,8-9,11H,6-7,10,12H2,1H3,(H,22,24)(H,23,25). The van der Waals surface area contributed by atoms with E-state index in [4.69, 9.17) is 14.2 Å². The maximum atomic E-state index is 12.6. The third-order valence-electron chi connectivity index (χ3n) is 4.51. The summed E-state index contributed by atoms with van der Waals surface area (Å²) in [5.41, 5.74) is 2.79. The largest absolute Gasteiger partial charge is 0.487 e. The van der Waals surface area contributed by atoms with Crippen molar-refractivity contribution in [2.24, 2.45) is 0 Å². The van der Waals surface area contributed by atoms with Gasteiger partial charge in [0.1, 0.15) is 0 Å². The van der Waals surface area contributed by atoms with E-state index in [2.05, 4.69) is 10.6 Å². The maximum absolute atomic E-state index is 12.6. The van der Waals surface area contributed by atoms with Gasteiger partial charge in [-0.1, -0.05) is 12.1 Å². The highest BCUT2D eigenvalue weighted by molar-refractivity contribution is 8.02. The average Bonchev–Trinajstić information content (AvgIpc) is 3.22. The molecule has 7 nitrogen and oxygen atoms in total. The summed E-state index contributed by atoms with van der Waals surface area (Å²) in [4.78, 5) is 24.9. The number of carbonyl (C=O) groups is 2. The zero-order chi connectivity index (χ0) is 20.2. The molecule has 0 unspecified atom stereocenters. The Hall–Kier alpha value is -3.13. The number of thioether (sulfide) groups is 1. The van der Waals surface area contributed by atoms with Crippen LogP contribution in [0, 0.1) is 6.92 Å². The van der Waals surface area contributed by atoms with Crippen LogP contribution in [0.2, 0.25) is 0 Å². The van der Waals surface area contributed by atoms with Gasteiger partial charge in [-0.3, -0.25) is 9.59 Å². The van der Waals surface area contributed by atoms with E-state index >= 15 is 0 Å². The lowest BCUT2D eigenvalue weighted by molar-refractivity contribution is -0.116. The first-order chi connectivity index (χ1) is 14.1. The van der Waals surface area contributed by atoms with Gasteiger partial charge in [0.2, 0.25) is 6.79 Å². The molecule has 2 aromatic carbocycles. The second-order valence-electron chi connectivity index (χ2n) is 6.56. The highest BCUT2D eigenvalue weighted by Crippen LogP contribution is 2.32. The van der Waals surface area contributed by atoms with Crippen molar-refractivity contribution in [3.05, 3.63) is 64.3 Å². The molecule has 150 valence electrons. The van der Waals surface area contributed by atoms with Crippen LogP contribution in [0.1, 0.15) is 21.5 Å². The first kappa shape index (κ1) is 19.2. The van der Waals surface area contributed by atoms with Gasteiger partial charge in [-0.2, -0.15) is 0 Å². The summed E-state index contributed by atoms with van der Waals surface area (Å²) < 4.78 is 16.0. The Bertz CT molecular complexity index is 989. The van der Waals surface area contributed by atoms with Crippen LogP contribution in [0.5, 0.6) is 11.5 Å². The van der Waals surface area contributed by atoms with Crippen LogP contribution < -0.4 is 20.1 Å². The summed E-state index contributed by atoms with van der Waals surface area (Å²) in [6.45, 7) is 2.94. The van der Waals surface area contributed by atoms with Gasteiger partial charge in [0.25, 0.3) is 11.8 Å². The van der Waals surface area contributed by atoms with Crippen LogP contribution in [-0.4, -0.2) is 31.0 Å². The van der Waals surface area contributed by atoms with Crippen LogP contribution in [0.25, 0.3) is 0 Å². The van der Waals surface area contributed by atoms with E-state index in [0.717, 1.165) is 16.9 Å². The van der Waals surface area contributed by atoms with E-state index < -0.39 is 0 Å². The molecule has 0 saturated carbocycles. The zero-order valence-electron chi connectivity index (χ0n) is 15.8. The van der Waals surface area contributed by atoms with Crippen molar-refractivity contribution in [1.82, 2.24) is 5.32 Å². The Balaban J connectivity index is 1.41. The van der Waals surface area contributed by atoms with Gasteiger partial charge in [-0.25, -0.2) is 0 Å². The van der Waals surface area contributed by atoms with Crippen molar-refractivity contribution in [2.75, 3.05) is 24.5 Å². The Morgan fingerprint density at radius 2 is 1.90 bits per heavy atom. The van der Waals surface area contributed by atoms with E-state index in [9.17, 15) is 9.59 Å². The first-order valence-corrected chi connectivity index (χ1v) is 10.2. The van der Waals surface area contributed by atoms with Crippen LogP contribution in [0.3, 0.4) is 0 Å². The van der Waals surface area contributed by atoms with Crippen molar-refractivity contribution in [1.29, 1.82) is 0 Å². The Morgan fingerprint density at radius 1 is 1.03 bits per heavy atom. The molecule has 2 aromatic rings. The Morgan fingerprint density at radius 3 is 2.72 bits per heavy atom. The summed E-state index contributed by atoms with van der Waals surface area (Å²) in [6, 6.07) is 10.7. The SMILES string of the molecule is Cc1ccc(C(=O)NCc2ccc3c(c2)OCO3)cc1NC(=O)C1=CSCCO1. The van der Waals surface area contributed by atoms with E-state index in [-0.39, 0.29) is 18.6 Å². The van der Waals surface area contributed by atoms with E-state index in [1.165, 1.54) is 11.8 Å². The van der Waals surface area contributed by atoms with Gasteiger partial charge in [-0.05, 0) is 42.3 Å². The van der Waals surface area contributed by atoms with Gasteiger partial charge in [0, 0.05) is 29.0 Å². The molecule has 0 bridgehead atoms. The lowest BCUT2D eigenvalue weighted by Crippen LogP contribution is -2.23. The third kappa shape index (κ3) is 4.48. The molecule has 2 aliphatic heterocycles. The molecule has 4 rings (SSSR count). The number of fused-ring (bicyclic) bond motifs is 1. The van der Waals surface area contributed by atoms with Gasteiger partial charge in [0.15, 0.2) is 17.3 Å². The Kier molecular flexibility index (Phi) is 5.62. The molecule has 2 heterocycles. The van der Waals surface area contributed by atoms with E-state index in [1.807, 2.05) is 25.1 Å². The predicted octanol–water partition coefficient (Wildman–Crippen LogP) is 3.20. The monoisotopic (exact) mass is 412 g/mol. The van der Waals surface area contributed by atoms with Crippen molar-refractivity contribution < 1.29 is 23.8 Å². The summed E-state index contributed by atoms with van der Waals surface area (Å²) in [6.07, 6.45) is 0.